The summed E-state index contributed by atoms with van der Waals surface area (Å²) in [4.78, 5) is 0. The molecule has 1 heterocycles. The molecule has 1 aliphatic rings. The maximum Gasteiger partial charge on any atom is 0.123 e. The van der Waals surface area contributed by atoms with Gasteiger partial charge in [0.2, 0.25) is 0 Å². The maximum atomic E-state index is 5.69. The van der Waals surface area contributed by atoms with E-state index >= 15 is 0 Å². The number of methoxy groups -OCH3 is 1. The Morgan fingerprint density at radius 1 is 1.38 bits per heavy atom. The normalized spacial score (nSPS) is 19.8. The van der Waals surface area contributed by atoms with Crippen molar-refractivity contribution < 1.29 is 9.47 Å². The van der Waals surface area contributed by atoms with E-state index in [1.807, 2.05) is 0 Å². The Kier molecular flexibility index (Phi) is 2.94. The Labute approximate surface area is 97.6 Å². The van der Waals surface area contributed by atoms with Gasteiger partial charge >= 0.3 is 0 Å². The molecule has 1 aromatic carbocycles. The number of fused-ring (bicyclic) bond motifs is 1. The van der Waals surface area contributed by atoms with Crippen LogP contribution in [0.1, 0.15) is 44.4 Å². The molecule has 0 spiro atoms. The summed E-state index contributed by atoms with van der Waals surface area (Å²) in [5.74, 6) is 1.03. The van der Waals surface area contributed by atoms with Crippen molar-refractivity contribution in [1.82, 2.24) is 0 Å². The lowest BCUT2D eigenvalue weighted by molar-refractivity contribution is 0.119. The lowest BCUT2D eigenvalue weighted by Crippen LogP contribution is -2.26. The molecule has 0 aliphatic carbocycles. The van der Waals surface area contributed by atoms with Crippen LogP contribution >= 0.6 is 0 Å². The molecule has 0 radical (unpaired) electrons. The number of hydrogen-bond donors (Lipinski definition) is 0. The summed E-state index contributed by atoms with van der Waals surface area (Å²) in [6, 6.07) is 6.39. The smallest absolute Gasteiger partial charge is 0.123 e. The summed E-state index contributed by atoms with van der Waals surface area (Å²) in [7, 11) is 1.74. The first-order valence-corrected chi connectivity index (χ1v) is 5.84. The zero-order valence-corrected chi connectivity index (χ0v) is 10.5. The molecule has 1 aliphatic heterocycles. The molecular weight excluding hydrogens is 200 g/mol. The van der Waals surface area contributed by atoms with Gasteiger partial charge in [0, 0.05) is 12.7 Å². The molecule has 0 fully saturated rings. The van der Waals surface area contributed by atoms with Crippen LogP contribution in [0.5, 0.6) is 5.75 Å². The Morgan fingerprint density at radius 2 is 2.12 bits per heavy atom. The minimum atomic E-state index is 0.142. The van der Waals surface area contributed by atoms with Crippen LogP contribution in [0, 0.1) is 0 Å². The highest BCUT2D eigenvalue weighted by molar-refractivity contribution is 5.43. The highest BCUT2D eigenvalue weighted by Gasteiger charge is 2.29. The third-order valence-electron chi connectivity index (χ3n) is 3.54. The lowest BCUT2D eigenvalue weighted by Gasteiger charge is -2.33. The van der Waals surface area contributed by atoms with Gasteiger partial charge in [-0.25, -0.2) is 0 Å². The van der Waals surface area contributed by atoms with Crippen molar-refractivity contribution >= 4 is 0 Å². The van der Waals surface area contributed by atoms with E-state index in [4.69, 9.17) is 9.47 Å². The summed E-state index contributed by atoms with van der Waals surface area (Å²) >= 11 is 0. The van der Waals surface area contributed by atoms with Crippen molar-refractivity contribution in [2.24, 2.45) is 0 Å². The summed E-state index contributed by atoms with van der Waals surface area (Å²) in [5, 5.41) is 0. The van der Waals surface area contributed by atoms with Crippen LogP contribution in [0.2, 0.25) is 0 Å². The second kappa shape index (κ2) is 4.10. The summed E-state index contributed by atoms with van der Waals surface area (Å²) in [5.41, 5.74) is 2.73. The number of ether oxygens (including phenoxy) is 2. The molecule has 2 heteroatoms. The summed E-state index contributed by atoms with van der Waals surface area (Å²) in [6.45, 7) is 7.43. The standard InChI is InChI=1S/C14H20O2/c1-10(15-4)11-5-6-13-12(9-11)14(2,3)7-8-16-13/h5-6,9-10H,7-8H2,1-4H3. The first kappa shape index (κ1) is 11.5. The molecule has 1 unspecified atom stereocenters. The Bertz CT molecular complexity index is 382. The van der Waals surface area contributed by atoms with E-state index in [-0.39, 0.29) is 11.5 Å². The average Bonchev–Trinajstić information content (AvgIpc) is 2.27. The highest BCUT2D eigenvalue weighted by Crippen LogP contribution is 2.39. The Hall–Kier alpha value is -1.02. The minimum absolute atomic E-state index is 0.142. The topological polar surface area (TPSA) is 18.5 Å². The molecule has 1 aromatic rings. The fourth-order valence-corrected chi connectivity index (χ4v) is 2.14. The zero-order valence-electron chi connectivity index (χ0n) is 10.5. The third-order valence-corrected chi connectivity index (χ3v) is 3.54. The predicted octanol–water partition coefficient (Wildman–Crippen LogP) is 3.45. The predicted molar refractivity (Wildman–Crippen MR) is 65.0 cm³/mol. The van der Waals surface area contributed by atoms with Crippen LogP contribution in [0.4, 0.5) is 0 Å². The van der Waals surface area contributed by atoms with E-state index in [1.165, 1.54) is 11.1 Å². The van der Waals surface area contributed by atoms with E-state index in [0.29, 0.717) is 0 Å². The highest BCUT2D eigenvalue weighted by atomic mass is 16.5. The number of benzene rings is 1. The van der Waals surface area contributed by atoms with Crippen LogP contribution in [-0.4, -0.2) is 13.7 Å². The molecule has 0 saturated heterocycles. The first-order chi connectivity index (χ1) is 7.54. The SMILES string of the molecule is COC(C)c1ccc2c(c1)C(C)(C)CCO2. The van der Waals surface area contributed by atoms with Gasteiger partial charge < -0.3 is 9.47 Å². The van der Waals surface area contributed by atoms with Gasteiger partial charge in [-0.2, -0.15) is 0 Å². The fraction of sp³-hybridized carbons (Fsp3) is 0.571. The molecule has 1 atom stereocenters. The van der Waals surface area contributed by atoms with Crippen LogP contribution in [0.25, 0.3) is 0 Å². The van der Waals surface area contributed by atoms with Crippen LogP contribution in [0.3, 0.4) is 0 Å². The quantitative estimate of drug-likeness (QED) is 0.760. The summed E-state index contributed by atoms with van der Waals surface area (Å²) in [6.07, 6.45) is 1.22. The lowest BCUT2D eigenvalue weighted by atomic mass is 9.79. The van der Waals surface area contributed by atoms with Crippen molar-refractivity contribution in [2.45, 2.75) is 38.7 Å². The fourth-order valence-electron chi connectivity index (χ4n) is 2.14. The van der Waals surface area contributed by atoms with E-state index in [2.05, 4.69) is 39.0 Å². The van der Waals surface area contributed by atoms with Gasteiger partial charge in [-0.3, -0.25) is 0 Å². The van der Waals surface area contributed by atoms with Gasteiger partial charge in [-0.05, 0) is 36.5 Å². The molecule has 2 rings (SSSR count). The second-order valence-corrected chi connectivity index (χ2v) is 5.12. The van der Waals surface area contributed by atoms with E-state index in [0.717, 1.165) is 18.8 Å². The molecule has 88 valence electrons. The average molecular weight is 220 g/mol. The van der Waals surface area contributed by atoms with Gasteiger partial charge in [-0.15, -0.1) is 0 Å². The van der Waals surface area contributed by atoms with Gasteiger partial charge in [0.05, 0.1) is 12.7 Å². The Morgan fingerprint density at radius 3 is 2.81 bits per heavy atom. The van der Waals surface area contributed by atoms with Crippen LogP contribution < -0.4 is 4.74 Å². The van der Waals surface area contributed by atoms with E-state index < -0.39 is 0 Å². The molecule has 0 amide bonds. The second-order valence-electron chi connectivity index (χ2n) is 5.12. The van der Waals surface area contributed by atoms with Crippen molar-refractivity contribution in [3.8, 4) is 5.75 Å². The molecule has 0 aromatic heterocycles. The molecular formula is C14H20O2. The van der Waals surface area contributed by atoms with E-state index in [9.17, 15) is 0 Å². The third kappa shape index (κ3) is 1.94. The van der Waals surface area contributed by atoms with Crippen molar-refractivity contribution in [2.75, 3.05) is 13.7 Å². The maximum absolute atomic E-state index is 5.69. The molecule has 16 heavy (non-hydrogen) atoms. The van der Waals surface area contributed by atoms with Gasteiger partial charge in [-0.1, -0.05) is 19.9 Å². The number of rotatable bonds is 2. The Balaban J connectivity index is 2.43. The van der Waals surface area contributed by atoms with E-state index in [1.54, 1.807) is 7.11 Å². The van der Waals surface area contributed by atoms with Gasteiger partial charge in [0.15, 0.2) is 0 Å². The monoisotopic (exact) mass is 220 g/mol. The van der Waals surface area contributed by atoms with Gasteiger partial charge in [0.1, 0.15) is 5.75 Å². The number of hydrogen-bond acceptors (Lipinski definition) is 2. The van der Waals surface area contributed by atoms with Crippen molar-refractivity contribution in [3.63, 3.8) is 0 Å². The van der Waals surface area contributed by atoms with Crippen molar-refractivity contribution in [1.29, 1.82) is 0 Å². The van der Waals surface area contributed by atoms with Crippen molar-refractivity contribution in [3.05, 3.63) is 29.3 Å². The largest absolute Gasteiger partial charge is 0.493 e. The van der Waals surface area contributed by atoms with Gasteiger partial charge in [0.25, 0.3) is 0 Å². The zero-order chi connectivity index (χ0) is 11.8. The van der Waals surface area contributed by atoms with Crippen LogP contribution in [0.15, 0.2) is 18.2 Å². The molecule has 0 N–H and O–H groups in total. The summed E-state index contributed by atoms with van der Waals surface area (Å²) < 4.78 is 11.0. The first-order valence-electron chi connectivity index (χ1n) is 5.84. The molecule has 0 saturated carbocycles. The molecule has 0 bridgehead atoms. The molecule has 2 nitrogen and oxygen atoms in total. The van der Waals surface area contributed by atoms with Crippen LogP contribution in [-0.2, 0) is 10.2 Å². The minimum Gasteiger partial charge on any atom is -0.493 e.